The Morgan fingerprint density at radius 3 is 2.32 bits per heavy atom. The number of nitrogens with zero attached hydrogens (tertiary/aromatic N) is 2. The number of hydrogen-bond donors (Lipinski definition) is 1. The Balaban J connectivity index is 1.55. The van der Waals surface area contributed by atoms with Crippen LogP contribution in [-0.4, -0.2) is 57.9 Å². The van der Waals surface area contributed by atoms with Gasteiger partial charge in [0.15, 0.2) is 17.5 Å². The molecule has 1 heterocycles. The highest BCUT2D eigenvalue weighted by atomic mass is 16.5. The first kappa shape index (κ1) is 22.8. The molecule has 0 aromatic heterocycles. The standard InChI is InChI=1S/C25H35N3O3/c1-25(2,19-11-12-22(29-4)23(17-19)30-5)18-27-24(26-3)28-15-13-21(14-16-28)31-20-9-7-6-8-10-20/h6-12,17,21H,13-16,18H2,1-5H3,(H,26,27). The second-order valence-electron chi connectivity index (χ2n) is 8.47. The van der Waals surface area contributed by atoms with Crippen LogP contribution in [0.25, 0.3) is 0 Å². The number of ether oxygens (including phenoxy) is 3. The van der Waals surface area contributed by atoms with Gasteiger partial charge >= 0.3 is 0 Å². The fourth-order valence-electron chi connectivity index (χ4n) is 3.87. The van der Waals surface area contributed by atoms with Crippen LogP contribution in [0.2, 0.25) is 0 Å². The summed E-state index contributed by atoms with van der Waals surface area (Å²) in [5, 5.41) is 3.57. The number of guanidine groups is 1. The van der Waals surface area contributed by atoms with Gasteiger partial charge in [0.25, 0.3) is 0 Å². The molecule has 1 aliphatic heterocycles. The molecule has 0 spiro atoms. The Morgan fingerprint density at radius 1 is 1.03 bits per heavy atom. The molecule has 0 radical (unpaired) electrons. The van der Waals surface area contributed by atoms with Gasteiger partial charge in [-0.2, -0.15) is 0 Å². The number of para-hydroxylation sites is 1. The Bertz CT molecular complexity index is 860. The monoisotopic (exact) mass is 425 g/mol. The SMILES string of the molecule is CN=C(NCC(C)(C)c1ccc(OC)c(OC)c1)N1CCC(Oc2ccccc2)CC1. The largest absolute Gasteiger partial charge is 0.493 e. The molecule has 2 aromatic rings. The van der Waals surface area contributed by atoms with Gasteiger partial charge in [0.05, 0.1) is 14.2 Å². The average Bonchev–Trinajstić information content (AvgIpc) is 2.80. The van der Waals surface area contributed by atoms with Crippen LogP contribution in [0.3, 0.4) is 0 Å². The molecule has 2 aromatic carbocycles. The van der Waals surface area contributed by atoms with Gasteiger partial charge in [0, 0.05) is 44.9 Å². The second kappa shape index (κ2) is 10.4. The van der Waals surface area contributed by atoms with Gasteiger partial charge in [-0.3, -0.25) is 4.99 Å². The summed E-state index contributed by atoms with van der Waals surface area (Å²) >= 11 is 0. The molecule has 1 fully saturated rings. The Morgan fingerprint density at radius 2 is 1.71 bits per heavy atom. The van der Waals surface area contributed by atoms with Crippen molar-refractivity contribution < 1.29 is 14.2 Å². The minimum Gasteiger partial charge on any atom is -0.493 e. The lowest BCUT2D eigenvalue weighted by molar-refractivity contribution is 0.129. The summed E-state index contributed by atoms with van der Waals surface area (Å²) in [5.41, 5.74) is 1.08. The minimum atomic E-state index is -0.107. The zero-order valence-electron chi connectivity index (χ0n) is 19.4. The van der Waals surface area contributed by atoms with Crippen LogP contribution in [0.1, 0.15) is 32.3 Å². The van der Waals surface area contributed by atoms with Crippen molar-refractivity contribution >= 4 is 5.96 Å². The number of likely N-dealkylation sites (tertiary alicyclic amines) is 1. The lowest BCUT2D eigenvalue weighted by atomic mass is 9.84. The molecule has 1 N–H and O–H groups in total. The zero-order chi connectivity index (χ0) is 22.3. The van der Waals surface area contributed by atoms with E-state index >= 15 is 0 Å². The summed E-state index contributed by atoms with van der Waals surface area (Å²) in [4.78, 5) is 6.84. The predicted octanol–water partition coefficient (Wildman–Crippen LogP) is 4.10. The van der Waals surface area contributed by atoms with E-state index < -0.39 is 0 Å². The topological polar surface area (TPSA) is 55.3 Å². The van der Waals surface area contributed by atoms with E-state index in [2.05, 4.69) is 41.2 Å². The quantitative estimate of drug-likeness (QED) is 0.535. The van der Waals surface area contributed by atoms with E-state index in [4.69, 9.17) is 14.2 Å². The summed E-state index contributed by atoms with van der Waals surface area (Å²) in [6.45, 7) is 7.04. The number of hydrogen-bond acceptors (Lipinski definition) is 4. The Hall–Kier alpha value is -2.89. The highest BCUT2D eigenvalue weighted by Crippen LogP contribution is 2.33. The Labute approximate surface area is 186 Å². The molecule has 0 aliphatic carbocycles. The van der Waals surface area contributed by atoms with Gasteiger partial charge in [-0.1, -0.05) is 38.1 Å². The van der Waals surface area contributed by atoms with Crippen molar-refractivity contribution in [3.63, 3.8) is 0 Å². The maximum atomic E-state index is 6.12. The van der Waals surface area contributed by atoms with E-state index in [0.717, 1.165) is 55.7 Å². The molecule has 6 heteroatoms. The van der Waals surface area contributed by atoms with Gasteiger partial charge in [-0.05, 0) is 29.8 Å². The Kier molecular flexibility index (Phi) is 7.66. The van der Waals surface area contributed by atoms with Crippen molar-refractivity contribution in [2.24, 2.45) is 4.99 Å². The number of benzene rings is 2. The third-order valence-electron chi connectivity index (χ3n) is 5.85. The van der Waals surface area contributed by atoms with Crippen molar-refractivity contribution in [2.75, 3.05) is 40.9 Å². The van der Waals surface area contributed by atoms with Crippen molar-refractivity contribution in [3.05, 3.63) is 54.1 Å². The molecular weight excluding hydrogens is 390 g/mol. The number of piperidine rings is 1. The minimum absolute atomic E-state index is 0.107. The molecule has 0 amide bonds. The van der Waals surface area contributed by atoms with Crippen molar-refractivity contribution in [3.8, 4) is 17.2 Å². The first-order valence-corrected chi connectivity index (χ1v) is 10.9. The van der Waals surface area contributed by atoms with Crippen LogP contribution < -0.4 is 19.5 Å². The third-order valence-corrected chi connectivity index (χ3v) is 5.85. The first-order valence-electron chi connectivity index (χ1n) is 10.9. The van der Waals surface area contributed by atoms with Crippen LogP contribution in [0, 0.1) is 0 Å². The molecular formula is C25H35N3O3. The lowest BCUT2D eigenvalue weighted by Gasteiger charge is -2.36. The summed E-state index contributed by atoms with van der Waals surface area (Å²) < 4.78 is 17.0. The van der Waals surface area contributed by atoms with E-state index in [9.17, 15) is 0 Å². The number of rotatable bonds is 7. The van der Waals surface area contributed by atoms with Crippen LogP contribution >= 0.6 is 0 Å². The van der Waals surface area contributed by atoms with E-state index in [-0.39, 0.29) is 11.5 Å². The highest BCUT2D eigenvalue weighted by molar-refractivity contribution is 5.80. The second-order valence-corrected chi connectivity index (χ2v) is 8.47. The van der Waals surface area contributed by atoms with Gasteiger partial charge < -0.3 is 24.4 Å². The first-order chi connectivity index (χ1) is 15.0. The molecule has 0 bridgehead atoms. The summed E-state index contributed by atoms with van der Waals surface area (Å²) in [6.07, 6.45) is 2.21. The highest BCUT2D eigenvalue weighted by Gasteiger charge is 2.26. The molecule has 6 nitrogen and oxygen atoms in total. The molecule has 168 valence electrons. The lowest BCUT2D eigenvalue weighted by Crippen LogP contribution is -2.49. The van der Waals surface area contributed by atoms with Crippen LogP contribution in [0.5, 0.6) is 17.2 Å². The fraction of sp³-hybridized carbons (Fsp3) is 0.480. The summed E-state index contributed by atoms with van der Waals surface area (Å²) in [5.74, 6) is 3.37. The molecule has 1 saturated heterocycles. The molecule has 0 saturated carbocycles. The number of methoxy groups -OCH3 is 2. The summed E-state index contributed by atoms with van der Waals surface area (Å²) in [6, 6.07) is 16.2. The van der Waals surface area contributed by atoms with Crippen LogP contribution in [-0.2, 0) is 5.41 Å². The molecule has 0 unspecified atom stereocenters. The maximum absolute atomic E-state index is 6.12. The van der Waals surface area contributed by atoms with E-state index in [0.29, 0.717) is 0 Å². The number of nitrogens with one attached hydrogen (secondary N) is 1. The molecule has 31 heavy (non-hydrogen) atoms. The summed E-state index contributed by atoms with van der Waals surface area (Å²) in [7, 11) is 5.17. The predicted molar refractivity (Wildman–Crippen MR) is 126 cm³/mol. The smallest absolute Gasteiger partial charge is 0.193 e. The molecule has 0 atom stereocenters. The van der Waals surface area contributed by atoms with Gasteiger partial charge in [0.1, 0.15) is 11.9 Å². The van der Waals surface area contributed by atoms with E-state index in [1.54, 1.807) is 14.2 Å². The third kappa shape index (κ3) is 5.84. The molecule has 3 rings (SSSR count). The fourth-order valence-corrected chi connectivity index (χ4v) is 3.87. The average molecular weight is 426 g/mol. The van der Waals surface area contributed by atoms with Crippen LogP contribution in [0.15, 0.2) is 53.5 Å². The maximum Gasteiger partial charge on any atom is 0.193 e. The van der Waals surface area contributed by atoms with Crippen molar-refractivity contribution in [1.82, 2.24) is 10.2 Å². The van der Waals surface area contributed by atoms with E-state index in [1.807, 2.05) is 43.4 Å². The van der Waals surface area contributed by atoms with Crippen LogP contribution in [0.4, 0.5) is 0 Å². The molecule has 1 aliphatic rings. The number of aliphatic imine (C=N–C) groups is 1. The van der Waals surface area contributed by atoms with Gasteiger partial charge in [0.2, 0.25) is 0 Å². The van der Waals surface area contributed by atoms with Gasteiger partial charge in [-0.15, -0.1) is 0 Å². The zero-order valence-corrected chi connectivity index (χ0v) is 19.4. The van der Waals surface area contributed by atoms with Gasteiger partial charge in [-0.25, -0.2) is 0 Å². The van der Waals surface area contributed by atoms with Crippen molar-refractivity contribution in [2.45, 2.75) is 38.2 Å². The van der Waals surface area contributed by atoms with E-state index in [1.165, 1.54) is 5.56 Å². The normalized spacial score (nSPS) is 15.5. The van der Waals surface area contributed by atoms with Crippen molar-refractivity contribution in [1.29, 1.82) is 0 Å².